The summed E-state index contributed by atoms with van der Waals surface area (Å²) in [7, 11) is 0. The van der Waals surface area contributed by atoms with Crippen LogP contribution >= 0.6 is 0 Å². The molecule has 2 aromatic heterocycles. The minimum Gasteiger partial charge on any atom is -0.457 e. The lowest BCUT2D eigenvalue weighted by molar-refractivity contribution is -0.132. The molecule has 2 aliphatic rings. The third-order valence-corrected chi connectivity index (χ3v) is 6.52. The number of pyridine rings is 1. The van der Waals surface area contributed by atoms with Gasteiger partial charge in [0.15, 0.2) is 5.82 Å². The molecule has 1 amide bonds. The number of carbonyl (C=O) groups is 2. The molecule has 1 fully saturated rings. The zero-order valence-corrected chi connectivity index (χ0v) is 18.6. The summed E-state index contributed by atoms with van der Waals surface area (Å²) in [5.74, 6) is 0.585. The third-order valence-electron chi connectivity index (χ3n) is 6.52. The van der Waals surface area contributed by atoms with E-state index < -0.39 is 0 Å². The Labute approximate surface area is 192 Å². The van der Waals surface area contributed by atoms with Gasteiger partial charge in [0.1, 0.15) is 19.3 Å². The molecule has 0 N–H and O–H groups in total. The second kappa shape index (κ2) is 9.11. The maximum absolute atomic E-state index is 12.8. The Bertz CT molecular complexity index is 1150. The van der Waals surface area contributed by atoms with Crippen LogP contribution in [0.15, 0.2) is 43.1 Å². The zero-order chi connectivity index (χ0) is 22.8. The monoisotopic (exact) mass is 446 g/mol. The smallest absolute Gasteiger partial charge is 0.338 e. The summed E-state index contributed by atoms with van der Waals surface area (Å²) >= 11 is 0. The van der Waals surface area contributed by atoms with Gasteiger partial charge in [-0.25, -0.2) is 19.4 Å². The average Bonchev–Trinajstić information content (AvgIpc) is 3.50. The summed E-state index contributed by atoms with van der Waals surface area (Å²) in [4.78, 5) is 37.1. The van der Waals surface area contributed by atoms with Gasteiger partial charge in [0.2, 0.25) is 5.91 Å². The quantitative estimate of drug-likeness (QED) is 0.531. The van der Waals surface area contributed by atoms with E-state index >= 15 is 0 Å². The van der Waals surface area contributed by atoms with Crippen LogP contribution in [0.1, 0.15) is 32.6 Å². The number of benzene rings is 1. The molecule has 1 saturated heterocycles. The van der Waals surface area contributed by atoms with E-state index in [1.165, 1.54) is 11.9 Å². The lowest BCUT2D eigenvalue weighted by atomic mass is 9.96. The summed E-state index contributed by atoms with van der Waals surface area (Å²) in [6.45, 7) is 6.57. The van der Waals surface area contributed by atoms with Crippen LogP contribution in [0, 0.1) is 6.92 Å². The number of piperazine rings is 1. The van der Waals surface area contributed by atoms with Crippen molar-refractivity contribution >= 4 is 11.9 Å². The molecule has 0 atom stereocenters. The summed E-state index contributed by atoms with van der Waals surface area (Å²) < 4.78 is 6.74. The van der Waals surface area contributed by atoms with Crippen LogP contribution in [0.4, 0.5) is 0 Å². The van der Waals surface area contributed by atoms with Crippen molar-refractivity contribution < 1.29 is 14.3 Å². The Kier molecular flexibility index (Phi) is 5.87. The summed E-state index contributed by atoms with van der Waals surface area (Å²) in [5.41, 5.74) is 5.03. The fraction of sp³-hybridized carbons (Fsp3) is 0.375. The maximum atomic E-state index is 12.8. The highest BCUT2D eigenvalue weighted by Gasteiger charge is 2.25. The molecule has 3 aromatic rings. The number of fused-ring (bicyclic) bond motifs is 1. The van der Waals surface area contributed by atoms with E-state index in [0.717, 1.165) is 55.8 Å². The van der Waals surface area contributed by atoms with Gasteiger partial charge in [0, 0.05) is 44.5 Å². The second-order valence-corrected chi connectivity index (χ2v) is 8.47. The largest absolute Gasteiger partial charge is 0.457 e. The molecule has 33 heavy (non-hydrogen) atoms. The van der Waals surface area contributed by atoms with E-state index in [1.807, 2.05) is 29.2 Å². The first kappa shape index (κ1) is 21.3. The Morgan fingerprint density at radius 3 is 2.70 bits per heavy atom. The number of amides is 1. The van der Waals surface area contributed by atoms with Gasteiger partial charge in [-0.2, -0.15) is 5.10 Å². The minimum absolute atomic E-state index is 0.129. The Balaban J connectivity index is 1.10. The lowest BCUT2D eigenvalue weighted by Gasteiger charge is -2.35. The van der Waals surface area contributed by atoms with Crippen LogP contribution < -0.4 is 0 Å². The summed E-state index contributed by atoms with van der Waals surface area (Å²) in [6, 6.07) is 7.69. The van der Waals surface area contributed by atoms with E-state index in [-0.39, 0.29) is 11.9 Å². The van der Waals surface area contributed by atoms with Gasteiger partial charge in [-0.3, -0.25) is 9.69 Å². The SMILES string of the molecule is Cc1c(CCN2CCN(C(=O)Cc3ccc(-n4cncn4)nc3)CC2)ccc2c1COC2=O. The lowest BCUT2D eigenvalue weighted by Crippen LogP contribution is -2.49. The molecule has 2 aliphatic heterocycles. The van der Waals surface area contributed by atoms with Crippen molar-refractivity contribution in [1.82, 2.24) is 29.5 Å². The van der Waals surface area contributed by atoms with E-state index in [2.05, 4.69) is 26.9 Å². The van der Waals surface area contributed by atoms with Gasteiger partial charge >= 0.3 is 5.97 Å². The first-order valence-electron chi connectivity index (χ1n) is 11.2. The number of aromatic nitrogens is 4. The van der Waals surface area contributed by atoms with Crippen LogP contribution in [0.3, 0.4) is 0 Å². The first-order valence-corrected chi connectivity index (χ1v) is 11.2. The molecule has 170 valence electrons. The number of hydrogen-bond donors (Lipinski definition) is 0. The van der Waals surface area contributed by atoms with Gasteiger partial charge in [-0.1, -0.05) is 12.1 Å². The molecule has 0 unspecified atom stereocenters. The van der Waals surface area contributed by atoms with Gasteiger partial charge in [0.05, 0.1) is 12.0 Å². The molecule has 9 heteroatoms. The molecule has 0 radical (unpaired) electrons. The molecular weight excluding hydrogens is 420 g/mol. The Morgan fingerprint density at radius 1 is 1.12 bits per heavy atom. The fourth-order valence-electron chi connectivity index (χ4n) is 4.44. The van der Waals surface area contributed by atoms with Crippen molar-refractivity contribution in [2.75, 3.05) is 32.7 Å². The first-order chi connectivity index (χ1) is 16.1. The van der Waals surface area contributed by atoms with E-state index in [1.54, 1.807) is 17.2 Å². The van der Waals surface area contributed by atoms with Crippen LogP contribution in [0.25, 0.3) is 5.82 Å². The van der Waals surface area contributed by atoms with Crippen molar-refractivity contribution in [2.45, 2.75) is 26.4 Å². The van der Waals surface area contributed by atoms with Gasteiger partial charge in [-0.15, -0.1) is 0 Å². The summed E-state index contributed by atoms with van der Waals surface area (Å²) in [5, 5.41) is 4.06. The highest BCUT2D eigenvalue weighted by Crippen LogP contribution is 2.26. The Hall–Kier alpha value is -3.59. The molecule has 0 saturated carbocycles. The molecular formula is C24H26N6O3. The van der Waals surface area contributed by atoms with Crippen molar-refractivity contribution in [3.63, 3.8) is 0 Å². The highest BCUT2D eigenvalue weighted by molar-refractivity contribution is 5.93. The molecule has 0 bridgehead atoms. The molecule has 9 nitrogen and oxygen atoms in total. The maximum Gasteiger partial charge on any atom is 0.338 e. The normalized spacial score (nSPS) is 16.0. The number of ether oxygens (including phenoxy) is 1. The van der Waals surface area contributed by atoms with Gasteiger partial charge in [-0.05, 0) is 42.2 Å². The van der Waals surface area contributed by atoms with Crippen LogP contribution in [-0.2, 0) is 29.0 Å². The molecule has 5 rings (SSSR count). The number of nitrogens with zero attached hydrogens (tertiary/aromatic N) is 6. The van der Waals surface area contributed by atoms with Crippen molar-refractivity contribution in [3.05, 3.63) is 70.9 Å². The van der Waals surface area contributed by atoms with Crippen LogP contribution in [0.5, 0.6) is 0 Å². The van der Waals surface area contributed by atoms with Gasteiger partial charge < -0.3 is 9.64 Å². The van der Waals surface area contributed by atoms with E-state index in [0.29, 0.717) is 24.4 Å². The number of hydrogen-bond acceptors (Lipinski definition) is 7. The number of esters is 1. The predicted octanol–water partition coefficient (Wildman–Crippen LogP) is 1.57. The molecule has 0 spiro atoms. The summed E-state index contributed by atoms with van der Waals surface area (Å²) in [6.07, 6.45) is 6.05. The van der Waals surface area contributed by atoms with Crippen molar-refractivity contribution in [2.24, 2.45) is 0 Å². The van der Waals surface area contributed by atoms with Crippen molar-refractivity contribution in [3.8, 4) is 5.82 Å². The minimum atomic E-state index is -0.220. The molecule has 4 heterocycles. The number of cyclic esters (lactones) is 1. The van der Waals surface area contributed by atoms with E-state index in [4.69, 9.17) is 4.74 Å². The number of carbonyl (C=O) groups excluding carboxylic acids is 2. The average molecular weight is 447 g/mol. The van der Waals surface area contributed by atoms with Crippen molar-refractivity contribution in [1.29, 1.82) is 0 Å². The second-order valence-electron chi connectivity index (χ2n) is 8.47. The predicted molar refractivity (Wildman–Crippen MR) is 120 cm³/mol. The highest BCUT2D eigenvalue weighted by atomic mass is 16.5. The van der Waals surface area contributed by atoms with E-state index in [9.17, 15) is 9.59 Å². The zero-order valence-electron chi connectivity index (χ0n) is 18.6. The third kappa shape index (κ3) is 4.49. The standard InChI is InChI=1S/C24H26N6O3/c1-17-19(3-4-20-21(17)14-33-24(20)32)6-7-28-8-10-29(11-9-28)23(31)12-18-2-5-22(26-13-18)30-16-25-15-27-30/h2-5,13,15-16H,6-12,14H2,1H3. The topological polar surface area (TPSA) is 93.5 Å². The van der Waals surface area contributed by atoms with Crippen LogP contribution in [0.2, 0.25) is 0 Å². The Morgan fingerprint density at radius 2 is 1.97 bits per heavy atom. The number of rotatable bonds is 6. The van der Waals surface area contributed by atoms with Crippen LogP contribution in [-0.4, -0.2) is 74.1 Å². The molecule has 1 aromatic carbocycles. The van der Waals surface area contributed by atoms with Gasteiger partial charge in [0.25, 0.3) is 0 Å². The fourth-order valence-corrected chi connectivity index (χ4v) is 4.44. The molecule has 0 aliphatic carbocycles.